The van der Waals surface area contributed by atoms with Crippen molar-refractivity contribution in [2.45, 2.75) is 12.3 Å². The van der Waals surface area contributed by atoms with E-state index in [2.05, 4.69) is 11.6 Å². The van der Waals surface area contributed by atoms with Gasteiger partial charge in [0.15, 0.2) is 11.5 Å². The van der Waals surface area contributed by atoms with Crippen LogP contribution < -0.4 is 14.8 Å². The van der Waals surface area contributed by atoms with E-state index in [4.69, 9.17) is 13.9 Å². The maximum absolute atomic E-state index is 5.71. The number of ether oxygens (including phenoxy) is 2. The lowest BCUT2D eigenvalue weighted by Gasteiger charge is -2.10. The summed E-state index contributed by atoms with van der Waals surface area (Å²) in [5.41, 5.74) is 0.963. The Bertz CT molecular complexity index is 554. The van der Waals surface area contributed by atoms with Gasteiger partial charge in [0.05, 0.1) is 26.5 Å². The summed E-state index contributed by atoms with van der Waals surface area (Å²) in [5.74, 6) is 4.25. The lowest BCUT2D eigenvalue weighted by Crippen LogP contribution is -1.99. The van der Waals surface area contributed by atoms with Crippen LogP contribution in [0.4, 0.5) is 5.69 Å². The maximum Gasteiger partial charge on any atom is 0.162 e. The van der Waals surface area contributed by atoms with Crippen molar-refractivity contribution >= 4 is 17.4 Å². The minimum absolute atomic E-state index is 0.643. The molecule has 0 amide bonds. The van der Waals surface area contributed by atoms with E-state index in [1.165, 1.54) is 0 Å². The Kier molecular flexibility index (Phi) is 5.24. The molecule has 108 valence electrons. The number of furan rings is 1. The van der Waals surface area contributed by atoms with Crippen molar-refractivity contribution in [3.8, 4) is 11.5 Å². The molecule has 0 bridgehead atoms. The number of benzene rings is 1. The zero-order chi connectivity index (χ0) is 14.4. The van der Waals surface area contributed by atoms with Gasteiger partial charge < -0.3 is 19.2 Å². The molecular weight excluding hydrogens is 274 g/mol. The van der Waals surface area contributed by atoms with Crippen LogP contribution in [-0.4, -0.2) is 20.5 Å². The van der Waals surface area contributed by atoms with Crippen LogP contribution >= 0.6 is 11.8 Å². The van der Waals surface area contributed by atoms with Crippen molar-refractivity contribution in [3.63, 3.8) is 0 Å². The highest BCUT2D eigenvalue weighted by Gasteiger charge is 2.05. The molecule has 0 saturated carbocycles. The Labute approximate surface area is 123 Å². The molecule has 0 aliphatic rings. The molecule has 0 fully saturated rings. The first kappa shape index (κ1) is 14.7. The van der Waals surface area contributed by atoms with E-state index in [0.717, 1.165) is 28.7 Å². The number of hydrogen-bond donors (Lipinski definition) is 1. The normalized spacial score (nSPS) is 10.3. The molecule has 1 N–H and O–H groups in total. The monoisotopic (exact) mass is 293 g/mol. The Balaban J connectivity index is 1.99. The quantitative estimate of drug-likeness (QED) is 0.841. The molecule has 20 heavy (non-hydrogen) atoms. The summed E-state index contributed by atoms with van der Waals surface area (Å²) >= 11 is 1.75. The smallest absolute Gasteiger partial charge is 0.162 e. The zero-order valence-corrected chi connectivity index (χ0v) is 12.8. The topological polar surface area (TPSA) is 43.6 Å². The fraction of sp³-hybridized carbons (Fsp3) is 0.333. The molecule has 0 radical (unpaired) electrons. The summed E-state index contributed by atoms with van der Waals surface area (Å²) < 4.78 is 16.2. The number of rotatable bonds is 7. The van der Waals surface area contributed by atoms with E-state index in [1.54, 1.807) is 26.0 Å². The van der Waals surface area contributed by atoms with Crippen LogP contribution in [0.5, 0.6) is 11.5 Å². The molecule has 0 aliphatic heterocycles. The molecule has 2 rings (SSSR count). The molecule has 0 aliphatic carbocycles. The van der Waals surface area contributed by atoms with Crippen LogP contribution in [0.2, 0.25) is 0 Å². The molecule has 0 saturated heterocycles. The number of nitrogens with one attached hydrogen (secondary N) is 1. The Morgan fingerprint density at radius 1 is 1.05 bits per heavy atom. The summed E-state index contributed by atoms with van der Waals surface area (Å²) in [6.07, 6.45) is 2.06. The van der Waals surface area contributed by atoms with E-state index < -0.39 is 0 Å². The molecule has 0 spiro atoms. The number of thioether (sulfide) groups is 1. The van der Waals surface area contributed by atoms with E-state index in [0.29, 0.717) is 12.3 Å². The van der Waals surface area contributed by atoms with Gasteiger partial charge in [-0.05, 0) is 30.5 Å². The van der Waals surface area contributed by atoms with Crippen molar-refractivity contribution in [3.05, 3.63) is 41.9 Å². The highest BCUT2D eigenvalue weighted by molar-refractivity contribution is 7.97. The Hall–Kier alpha value is -1.75. The molecule has 0 atom stereocenters. The molecule has 2 aromatic rings. The first-order valence-corrected chi connectivity index (χ1v) is 7.68. The van der Waals surface area contributed by atoms with Gasteiger partial charge in [-0.3, -0.25) is 0 Å². The van der Waals surface area contributed by atoms with Crippen LogP contribution in [0, 0.1) is 0 Å². The van der Waals surface area contributed by atoms with Gasteiger partial charge in [-0.15, -0.1) is 0 Å². The van der Waals surface area contributed by atoms with E-state index in [9.17, 15) is 0 Å². The minimum Gasteiger partial charge on any atom is -0.493 e. The lowest BCUT2D eigenvalue weighted by atomic mass is 10.2. The third kappa shape index (κ3) is 3.63. The molecule has 5 heteroatoms. The third-order valence-electron chi connectivity index (χ3n) is 2.85. The van der Waals surface area contributed by atoms with Crippen LogP contribution in [0.3, 0.4) is 0 Å². The van der Waals surface area contributed by atoms with Crippen LogP contribution in [0.1, 0.15) is 11.5 Å². The summed E-state index contributed by atoms with van der Waals surface area (Å²) in [5, 5.41) is 3.31. The number of hydrogen-bond acceptors (Lipinski definition) is 5. The molecule has 1 aromatic carbocycles. The first-order chi connectivity index (χ1) is 9.76. The van der Waals surface area contributed by atoms with Crippen LogP contribution in [0.15, 0.2) is 34.7 Å². The molecule has 1 aromatic heterocycles. The molecule has 0 unspecified atom stereocenters. The second-order valence-corrected chi connectivity index (χ2v) is 5.09. The average molecular weight is 293 g/mol. The van der Waals surface area contributed by atoms with Gasteiger partial charge in [-0.2, -0.15) is 11.8 Å². The fourth-order valence-corrected chi connectivity index (χ4v) is 2.31. The summed E-state index contributed by atoms with van der Waals surface area (Å²) in [6.45, 7) is 0.643. The van der Waals surface area contributed by atoms with Crippen molar-refractivity contribution in [1.29, 1.82) is 0 Å². The predicted octanol–water partition coefficient (Wildman–Crippen LogP) is 3.77. The second-order valence-electron chi connectivity index (χ2n) is 4.22. The minimum atomic E-state index is 0.643. The maximum atomic E-state index is 5.71. The van der Waals surface area contributed by atoms with Gasteiger partial charge in [0, 0.05) is 11.8 Å². The fourth-order valence-electron chi connectivity index (χ4n) is 1.87. The van der Waals surface area contributed by atoms with E-state index in [1.807, 2.05) is 30.3 Å². The second kappa shape index (κ2) is 7.14. The molecule has 4 nitrogen and oxygen atoms in total. The van der Waals surface area contributed by atoms with Gasteiger partial charge in [0.2, 0.25) is 0 Å². The number of anilines is 1. The highest BCUT2D eigenvalue weighted by Crippen LogP contribution is 2.30. The summed E-state index contributed by atoms with van der Waals surface area (Å²) in [7, 11) is 3.25. The Morgan fingerprint density at radius 2 is 1.80 bits per heavy atom. The first-order valence-electron chi connectivity index (χ1n) is 6.29. The SMILES string of the molecule is COc1ccc(NCc2ccc(CSC)o2)cc1OC. The van der Waals surface area contributed by atoms with Gasteiger partial charge >= 0.3 is 0 Å². The van der Waals surface area contributed by atoms with E-state index >= 15 is 0 Å². The third-order valence-corrected chi connectivity index (χ3v) is 3.43. The standard InChI is InChI=1S/C15H19NO3S/c1-17-14-7-4-11(8-15(14)18-2)16-9-12-5-6-13(19-12)10-20-3/h4-8,16H,9-10H2,1-3H3. The van der Waals surface area contributed by atoms with Crippen LogP contribution in [0.25, 0.3) is 0 Å². The van der Waals surface area contributed by atoms with Crippen molar-refractivity contribution < 1.29 is 13.9 Å². The van der Waals surface area contributed by atoms with E-state index in [-0.39, 0.29) is 0 Å². The molecular formula is C15H19NO3S. The highest BCUT2D eigenvalue weighted by atomic mass is 32.2. The van der Waals surface area contributed by atoms with Gasteiger partial charge in [0.1, 0.15) is 11.5 Å². The Morgan fingerprint density at radius 3 is 2.50 bits per heavy atom. The van der Waals surface area contributed by atoms with Crippen molar-refractivity contribution in [2.24, 2.45) is 0 Å². The lowest BCUT2D eigenvalue weighted by molar-refractivity contribution is 0.355. The van der Waals surface area contributed by atoms with Crippen molar-refractivity contribution in [2.75, 3.05) is 25.8 Å². The molecule has 1 heterocycles. The zero-order valence-electron chi connectivity index (χ0n) is 11.9. The van der Waals surface area contributed by atoms with Crippen molar-refractivity contribution in [1.82, 2.24) is 0 Å². The summed E-state index contributed by atoms with van der Waals surface area (Å²) in [6, 6.07) is 9.75. The van der Waals surface area contributed by atoms with Crippen LogP contribution in [-0.2, 0) is 12.3 Å². The summed E-state index contributed by atoms with van der Waals surface area (Å²) in [4.78, 5) is 0. The van der Waals surface area contributed by atoms with Gasteiger partial charge in [-0.1, -0.05) is 0 Å². The predicted molar refractivity (Wildman–Crippen MR) is 82.8 cm³/mol. The van der Waals surface area contributed by atoms with Gasteiger partial charge in [0.25, 0.3) is 0 Å². The number of methoxy groups -OCH3 is 2. The average Bonchev–Trinajstić information content (AvgIpc) is 2.93. The van der Waals surface area contributed by atoms with Gasteiger partial charge in [-0.25, -0.2) is 0 Å². The largest absolute Gasteiger partial charge is 0.493 e.